The molecule has 9 nitrogen and oxygen atoms in total. The van der Waals surface area contributed by atoms with E-state index in [-0.39, 0.29) is 17.1 Å². The minimum Gasteiger partial charge on any atom is -0.272 e. The number of hydrogen-bond donors (Lipinski definition) is 3. The first-order valence-electron chi connectivity index (χ1n) is 8.10. The Bertz CT molecular complexity index is 989. The van der Waals surface area contributed by atoms with E-state index in [2.05, 4.69) is 21.0 Å². The van der Waals surface area contributed by atoms with E-state index in [1.165, 1.54) is 23.9 Å². The SMILES string of the molecule is O=C(CSc1ccc([N+](=O)[O-])cc1)NNC(=O)c1cc(-c2ccccc2)n[nH]1. The summed E-state index contributed by atoms with van der Waals surface area (Å²) in [6.07, 6.45) is 0. The first-order valence-corrected chi connectivity index (χ1v) is 9.09. The van der Waals surface area contributed by atoms with Gasteiger partial charge in [0.15, 0.2) is 0 Å². The molecule has 28 heavy (non-hydrogen) atoms. The van der Waals surface area contributed by atoms with E-state index in [0.717, 1.165) is 5.56 Å². The monoisotopic (exact) mass is 397 g/mol. The van der Waals surface area contributed by atoms with Gasteiger partial charge in [0, 0.05) is 22.6 Å². The quantitative estimate of drug-likeness (QED) is 0.333. The summed E-state index contributed by atoms with van der Waals surface area (Å²) in [6.45, 7) is 0. The van der Waals surface area contributed by atoms with E-state index in [9.17, 15) is 19.7 Å². The molecule has 0 saturated heterocycles. The van der Waals surface area contributed by atoms with Crippen molar-refractivity contribution in [1.29, 1.82) is 0 Å². The van der Waals surface area contributed by atoms with Crippen LogP contribution in [0.2, 0.25) is 0 Å². The normalized spacial score (nSPS) is 10.3. The molecule has 0 unspecified atom stereocenters. The van der Waals surface area contributed by atoms with Gasteiger partial charge in [-0.15, -0.1) is 11.8 Å². The zero-order chi connectivity index (χ0) is 19.9. The Morgan fingerprint density at radius 3 is 2.46 bits per heavy atom. The van der Waals surface area contributed by atoms with Crippen molar-refractivity contribution in [3.63, 3.8) is 0 Å². The number of aromatic amines is 1. The molecule has 10 heteroatoms. The van der Waals surface area contributed by atoms with Crippen molar-refractivity contribution in [3.8, 4) is 11.3 Å². The highest BCUT2D eigenvalue weighted by molar-refractivity contribution is 8.00. The third-order valence-electron chi connectivity index (χ3n) is 3.62. The van der Waals surface area contributed by atoms with Crippen molar-refractivity contribution in [2.24, 2.45) is 0 Å². The fraction of sp³-hybridized carbons (Fsp3) is 0.0556. The molecule has 0 spiro atoms. The van der Waals surface area contributed by atoms with Gasteiger partial charge in [0.05, 0.1) is 16.4 Å². The highest BCUT2D eigenvalue weighted by Gasteiger charge is 2.12. The molecule has 0 radical (unpaired) electrons. The Hall–Kier alpha value is -3.66. The van der Waals surface area contributed by atoms with Crippen LogP contribution in [0.25, 0.3) is 11.3 Å². The van der Waals surface area contributed by atoms with Crippen LogP contribution in [0.15, 0.2) is 65.6 Å². The molecular formula is C18H15N5O4S. The zero-order valence-electron chi connectivity index (χ0n) is 14.4. The van der Waals surface area contributed by atoms with Crippen molar-refractivity contribution < 1.29 is 14.5 Å². The van der Waals surface area contributed by atoms with Gasteiger partial charge in [-0.1, -0.05) is 30.3 Å². The second kappa shape index (κ2) is 8.82. The van der Waals surface area contributed by atoms with Gasteiger partial charge in [-0.25, -0.2) is 0 Å². The lowest BCUT2D eigenvalue weighted by Crippen LogP contribution is -2.42. The van der Waals surface area contributed by atoms with Crippen molar-refractivity contribution >= 4 is 29.3 Å². The largest absolute Gasteiger partial charge is 0.287 e. The number of aromatic nitrogens is 2. The number of benzene rings is 2. The molecule has 3 aromatic rings. The number of hydrogen-bond acceptors (Lipinski definition) is 6. The van der Waals surface area contributed by atoms with E-state index in [1.54, 1.807) is 18.2 Å². The maximum atomic E-state index is 12.1. The van der Waals surface area contributed by atoms with Gasteiger partial charge in [-0.05, 0) is 18.2 Å². The summed E-state index contributed by atoms with van der Waals surface area (Å²) in [7, 11) is 0. The molecule has 3 rings (SSSR count). The Balaban J connectivity index is 1.47. The molecule has 0 atom stereocenters. The summed E-state index contributed by atoms with van der Waals surface area (Å²) in [5.41, 5.74) is 6.30. The second-order valence-corrected chi connectivity index (χ2v) is 6.62. The van der Waals surface area contributed by atoms with Gasteiger partial charge in [0.25, 0.3) is 11.6 Å². The van der Waals surface area contributed by atoms with Gasteiger partial charge in [0.2, 0.25) is 5.91 Å². The lowest BCUT2D eigenvalue weighted by molar-refractivity contribution is -0.384. The van der Waals surface area contributed by atoms with Gasteiger partial charge < -0.3 is 0 Å². The average molecular weight is 397 g/mol. The van der Waals surface area contributed by atoms with Gasteiger partial charge in [-0.3, -0.25) is 35.7 Å². The number of carbonyl (C=O) groups excluding carboxylic acids is 2. The molecule has 0 fully saturated rings. The summed E-state index contributed by atoms with van der Waals surface area (Å²) in [5, 5.41) is 17.3. The number of nitro groups is 1. The summed E-state index contributed by atoms with van der Waals surface area (Å²) >= 11 is 1.19. The molecule has 0 aliphatic rings. The van der Waals surface area contributed by atoms with Crippen molar-refractivity contribution in [1.82, 2.24) is 21.0 Å². The third kappa shape index (κ3) is 4.95. The topological polar surface area (TPSA) is 130 Å². The molecule has 3 N–H and O–H groups in total. The number of amides is 2. The maximum absolute atomic E-state index is 12.1. The first kappa shape index (κ1) is 19.1. The van der Waals surface area contributed by atoms with Crippen LogP contribution in [-0.4, -0.2) is 32.7 Å². The van der Waals surface area contributed by atoms with E-state index in [1.807, 2.05) is 30.3 Å². The van der Waals surface area contributed by atoms with Gasteiger partial charge in [-0.2, -0.15) is 5.10 Å². The number of hydrazine groups is 1. The number of thioether (sulfide) groups is 1. The van der Waals surface area contributed by atoms with E-state index >= 15 is 0 Å². The fourth-order valence-electron chi connectivity index (χ4n) is 2.24. The molecule has 0 bridgehead atoms. The summed E-state index contributed by atoms with van der Waals surface area (Å²) in [6, 6.07) is 16.8. The average Bonchev–Trinajstić information content (AvgIpc) is 3.22. The Morgan fingerprint density at radius 2 is 1.79 bits per heavy atom. The number of carbonyl (C=O) groups is 2. The second-order valence-electron chi connectivity index (χ2n) is 5.57. The van der Waals surface area contributed by atoms with Gasteiger partial charge in [0.1, 0.15) is 5.69 Å². The summed E-state index contributed by atoms with van der Waals surface area (Å²) < 4.78 is 0. The zero-order valence-corrected chi connectivity index (χ0v) is 15.2. The molecule has 2 aromatic carbocycles. The first-order chi connectivity index (χ1) is 13.5. The highest BCUT2D eigenvalue weighted by atomic mass is 32.2. The minimum absolute atomic E-state index is 0.0181. The van der Waals surface area contributed by atoms with Crippen LogP contribution in [0, 0.1) is 10.1 Å². The number of H-pyrrole nitrogens is 1. The van der Waals surface area contributed by atoms with Crippen LogP contribution >= 0.6 is 11.8 Å². The lowest BCUT2D eigenvalue weighted by atomic mass is 10.1. The number of nitrogens with one attached hydrogen (secondary N) is 3. The van der Waals surface area contributed by atoms with Crippen molar-refractivity contribution in [3.05, 3.63) is 76.5 Å². The highest BCUT2D eigenvalue weighted by Crippen LogP contribution is 2.21. The van der Waals surface area contributed by atoms with Crippen LogP contribution < -0.4 is 10.9 Å². The van der Waals surface area contributed by atoms with Crippen LogP contribution in [0.1, 0.15) is 10.5 Å². The van der Waals surface area contributed by atoms with E-state index in [4.69, 9.17) is 0 Å². The van der Waals surface area contributed by atoms with Gasteiger partial charge >= 0.3 is 0 Å². The summed E-state index contributed by atoms with van der Waals surface area (Å²) in [4.78, 5) is 34.8. The number of non-ortho nitro benzene ring substituents is 1. The predicted octanol–water partition coefficient (Wildman–Crippen LogP) is 2.54. The number of nitro benzene ring substituents is 1. The Kier molecular flexibility index (Phi) is 6.02. The maximum Gasteiger partial charge on any atom is 0.287 e. The molecule has 142 valence electrons. The summed E-state index contributed by atoms with van der Waals surface area (Å²) in [5.74, 6) is -0.904. The molecule has 0 aliphatic carbocycles. The van der Waals surface area contributed by atoms with Crippen LogP contribution in [0.5, 0.6) is 0 Å². The molecule has 0 saturated carbocycles. The van der Waals surface area contributed by atoms with Crippen molar-refractivity contribution in [2.75, 3.05) is 5.75 Å². The molecule has 1 heterocycles. The molecular weight excluding hydrogens is 382 g/mol. The Labute approximate surface area is 163 Å². The number of nitrogens with zero attached hydrogens (tertiary/aromatic N) is 2. The van der Waals surface area contributed by atoms with E-state index in [0.29, 0.717) is 10.6 Å². The smallest absolute Gasteiger partial charge is 0.272 e. The Morgan fingerprint density at radius 1 is 1.07 bits per heavy atom. The minimum atomic E-state index is -0.525. The standard InChI is InChI=1S/C18H15N5O4S/c24-17(11-28-14-8-6-13(7-9-14)23(26)27)21-22-18(25)16-10-15(19-20-16)12-4-2-1-3-5-12/h1-10H,11H2,(H,19,20)(H,21,24)(H,22,25). The predicted molar refractivity (Wildman–Crippen MR) is 103 cm³/mol. The third-order valence-corrected chi connectivity index (χ3v) is 4.64. The molecule has 0 aliphatic heterocycles. The molecule has 2 amide bonds. The number of rotatable bonds is 6. The fourth-order valence-corrected chi connectivity index (χ4v) is 2.94. The van der Waals surface area contributed by atoms with Crippen LogP contribution in [0.3, 0.4) is 0 Å². The van der Waals surface area contributed by atoms with Crippen LogP contribution in [0.4, 0.5) is 5.69 Å². The van der Waals surface area contributed by atoms with Crippen LogP contribution in [-0.2, 0) is 4.79 Å². The lowest BCUT2D eigenvalue weighted by Gasteiger charge is -2.06. The molecule has 1 aromatic heterocycles. The van der Waals surface area contributed by atoms with E-state index < -0.39 is 16.7 Å². The van der Waals surface area contributed by atoms with Crippen molar-refractivity contribution in [2.45, 2.75) is 4.90 Å².